The summed E-state index contributed by atoms with van der Waals surface area (Å²) in [6, 6.07) is 25.6. The number of rotatable bonds is 9. The van der Waals surface area contributed by atoms with Crippen molar-refractivity contribution in [2.75, 3.05) is 27.8 Å². The molecule has 4 aromatic carbocycles. The van der Waals surface area contributed by atoms with Gasteiger partial charge in [0.25, 0.3) is 0 Å². The summed E-state index contributed by atoms with van der Waals surface area (Å²) in [6.45, 7) is 7.72. The second-order valence-electron chi connectivity index (χ2n) is 8.87. The molecule has 4 rings (SSSR count). The zero-order valence-corrected chi connectivity index (χ0v) is 21.8. The molecule has 33 heavy (non-hydrogen) atoms. The van der Waals surface area contributed by atoms with Crippen LogP contribution in [0.1, 0.15) is 0 Å². The fraction of sp³-hybridized carbons (Fsp3) is 0.259. The highest BCUT2D eigenvalue weighted by Crippen LogP contribution is 2.52. The van der Waals surface area contributed by atoms with Crippen LogP contribution in [0.15, 0.2) is 72.8 Å². The zero-order valence-electron chi connectivity index (χ0n) is 19.9. The van der Waals surface area contributed by atoms with E-state index in [1.165, 1.54) is 32.2 Å². The second kappa shape index (κ2) is 10.2. The van der Waals surface area contributed by atoms with E-state index >= 15 is 0 Å². The van der Waals surface area contributed by atoms with Crippen LogP contribution in [0.2, 0.25) is 19.6 Å². The van der Waals surface area contributed by atoms with E-state index in [-0.39, 0.29) is 13.6 Å². The van der Waals surface area contributed by atoms with E-state index in [2.05, 4.69) is 92.4 Å². The van der Waals surface area contributed by atoms with Crippen molar-refractivity contribution in [3.05, 3.63) is 72.8 Å². The van der Waals surface area contributed by atoms with Crippen LogP contribution in [-0.2, 0) is 9.47 Å². The predicted octanol–water partition coefficient (Wildman–Crippen LogP) is 6.23. The first-order valence-electron chi connectivity index (χ1n) is 11.0. The average Bonchev–Trinajstić information content (AvgIpc) is 2.82. The summed E-state index contributed by atoms with van der Waals surface area (Å²) in [7, 11) is 0.703. The van der Waals surface area contributed by atoms with Gasteiger partial charge in [-0.2, -0.15) is 0 Å². The van der Waals surface area contributed by atoms with E-state index in [0.29, 0.717) is 0 Å². The lowest BCUT2D eigenvalue weighted by molar-refractivity contribution is 0.0519. The summed E-state index contributed by atoms with van der Waals surface area (Å²) in [6.07, 6.45) is 0. The Bertz CT molecular complexity index is 1160. The molecule has 0 saturated carbocycles. The van der Waals surface area contributed by atoms with Crippen molar-refractivity contribution in [2.24, 2.45) is 0 Å². The van der Waals surface area contributed by atoms with Crippen molar-refractivity contribution in [1.29, 1.82) is 0 Å². The topological polar surface area (TPSA) is 36.9 Å². The standard InChI is InChI=1S/C27H31O4PSi/c1-28-18-30-24-16-14-20-10-6-8-12-22(20)26(24)32(33(3,4)5)27-23-13-9-7-11-21(23)15-17-25(27)31-19-29-2/h6-17H,18-19H2,1-5H3. The Kier molecular flexibility index (Phi) is 7.35. The third-order valence-corrected chi connectivity index (χ3v) is 14.0. The van der Waals surface area contributed by atoms with Crippen LogP contribution < -0.4 is 20.1 Å². The van der Waals surface area contributed by atoms with Crippen molar-refractivity contribution in [3.8, 4) is 11.5 Å². The molecule has 0 spiro atoms. The van der Waals surface area contributed by atoms with Crippen LogP contribution in [0.4, 0.5) is 0 Å². The van der Waals surface area contributed by atoms with Crippen LogP contribution in [0.3, 0.4) is 0 Å². The second-order valence-corrected chi connectivity index (χ2v) is 20.1. The number of methoxy groups -OCH3 is 2. The first kappa shape index (κ1) is 23.7. The molecule has 0 aliphatic heterocycles. The maximum Gasteiger partial charge on any atom is 0.188 e. The highest BCUT2D eigenvalue weighted by atomic mass is 31.4. The third-order valence-electron chi connectivity index (χ3n) is 5.51. The highest BCUT2D eigenvalue weighted by Gasteiger charge is 2.36. The van der Waals surface area contributed by atoms with Gasteiger partial charge in [-0.25, -0.2) is 0 Å². The summed E-state index contributed by atoms with van der Waals surface area (Å²) >= 11 is 0. The van der Waals surface area contributed by atoms with E-state index in [1.54, 1.807) is 14.2 Å². The largest absolute Gasteiger partial charge is 0.467 e. The molecular formula is C27H31O4PSi. The normalized spacial score (nSPS) is 11.9. The van der Waals surface area contributed by atoms with E-state index < -0.39 is 15.2 Å². The minimum Gasteiger partial charge on any atom is -0.467 e. The summed E-state index contributed by atoms with van der Waals surface area (Å²) in [5.41, 5.74) is 0. The van der Waals surface area contributed by atoms with Crippen molar-refractivity contribution in [2.45, 2.75) is 19.6 Å². The highest BCUT2D eigenvalue weighted by molar-refractivity contribution is 8.05. The summed E-state index contributed by atoms with van der Waals surface area (Å²) in [4.78, 5) is 0. The zero-order chi connectivity index (χ0) is 23.4. The lowest BCUT2D eigenvalue weighted by atomic mass is 10.1. The maximum absolute atomic E-state index is 6.18. The maximum atomic E-state index is 6.18. The lowest BCUT2D eigenvalue weighted by Crippen LogP contribution is -2.33. The Morgan fingerprint density at radius 3 is 1.42 bits per heavy atom. The van der Waals surface area contributed by atoms with Crippen LogP contribution >= 0.6 is 7.47 Å². The van der Waals surface area contributed by atoms with Gasteiger partial charge < -0.3 is 18.9 Å². The molecule has 0 heterocycles. The number of benzene rings is 4. The molecule has 6 heteroatoms. The van der Waals surface area contributed by atoms with Crippen LogP contribution in [0.5, 0.6) is 11.5 Å². The first-order valence-corrected chi connectivity index (χ1v) is 16.7. The van der Waals surface area contributed by atoms with Gasteiger partial charge in [-0.1, -0.05) is 80.3 Å². The Balaban J connectivity index is 2.08. The number of hydrogen-bond acceptors (Lipinski definition) is 4. The molecule has 0 radical (unpaired) electrons. The molecule has 0 fully saturated rings. The molecule has 4 aromatic rings. The molecule has 0 N–H and O–H groups in total. The number of fused-ring (bicyclic) bond motifs is 2. The molecule has 172 valence electrons. The van der Waals surface area contributed by atoms with E-state index in [4.69, 9.17) is 18.9 Å². The fourth-order valence-corrected chi connectivity index (χ4v) is 12.8. The molecule has 0 amide bonds. The van der Waals surface area contributed by atoms with E-state index in [9.17, 15) is 0 Å². The lowest BCUT2D eigenvalue weighted by Gasteiger charge is -2.34. The van der Waals surface area contributed by atoms with E-state index in [0.717, 1.165) is 11.5 Å². The first-order chi connectivity index (χ1) is 16.0. The van der Waals surface area contributed by atoms with Crippen LogP contribution in [-0.4, -0.2) is 35.5 Å². The van der Waals surface area contributed by atoms with Gasteiger partial charge in [-0.3, -0.25) is 0 Å². The van der Waals surface area contributed by atoms with Gasteiger partial charge in [-0.05, 0) is 41.1 Å². The fourth-order valence-electron chi connectivity index (χ4n) is 4.19. The van der Waals surface area contributed by atoms with Gasteiger partial charge in [0.2, 0.25) is 0 Å². The van der Waals surface area contributed by atoms with Gasteiger partial charge in [0.05, 0.1) is 7.74 Å². The van der Waals surface area contributed by atoms with Gasteiger partial charge in [-0.15, -0.1) is 0 Å². The van der Waals surface area contributed by atoms with Crippen LogP contribution in [0.25, 0.3) is 21.5 Å². The monoisotopic (exact) mass is 478 g/mol. The number of ether oxygens (including phenoxy) is 4. The minimum absolute atomic E-state index is 0.211. The molecule has 0 bridgehead atoms. The van der Waals surface area contributed by atoms with Gasteiger partial charge in [0, 0.05) is 24.8 Å². The molecule has 0 aliphatic carbocycles. The third kappa shape index (κ3) is 4.92. The van der Waals surface area contributed by atoms with Gasteiger partial charge in [0.15, 0.2) is 13.6 Å². The Labute approximate surface area is 198 Å². The SMILES string of the molecule is COCOc1ccc2ccccc2c1P(c1c(OCOC)ccc2ccccc12)[Si](C)(C)C. The number of hydrogen-bond donors (Lipinski definition) is 0. The Morgan fingerprint density at radius 2 is 1.03 bits per heavy atom. The van der Waals surface area contributed by atoms with Crippen molar-refractivity contribution in [1.82, 2.24) is 0 Å². The average molecular weight is 479 g/mol. The predicted molar refractivity (Wildman–Crippen MR) is 142 cm³/mol. The minimum atomic E-state index is -1.82. The molecule has 4 nitrogen and oxygen atoms in total. The molecule has 0 aliphatic rings. The quantitative estimate of drug-likeness (QED) is 0.162. The molecule has 0 aromatic heterocycles. The molecule has 0 saturated heterocycles. The van der Waals surface area contributed by atoms with E-state index in [1.807, 2.05) is 0 Å². The summed E-state index contributed by atoms with van der Waals surface area (Å²) in [5, 5.41) is 7.40. The van der Waals surface area contributed by atoms with Gasteiger partial charge >= 0.3 is 0 Å². The van der Waals surface area contributed by atoms with Crippen molar-refractivity contribution >= 4 is 47.4 Å². The van der Waals surface area contributed by atoms with Crippen molar-refractivity contribution < 1.29 is 18.9 Å². The summed E-state index contributed by atoms with van der Waals surface area (Å²) < 4.78 is 22.9. The molecule has 0 unspecified atom stereocenters. The van der Waals surface area contributed by atoms with Crippen molar-refractivity contribution in [3.63, 3.8) is 0 Å². The Morgan fingerprint density at radius 1 is 0.606 bits per heavy atom. The van der Waals surface area contributed by atoms with Crippen LogP contribution in [0, 0.1) is 0 Å². The Hall–Kier alpha value is -2.43. The smallest absolute Gasteiger partial charge is 0.188 e. The molecular weight excluding hydrogens is 447 g/mol. The summed E-state index contributed by atoms with van der Waals surface area (Å²) in [5.74, 6) is 1.77. The molecule has 0 atom stereocenters. The van der Waals surface area contributed by atoms with Gasteiger partial charge in [0.1, 0.15) is 11.5 Å².